The lowest BCUT2D eigenvalue weighted by Gasteiger charge is -2.11. The number of amides is 1. The van der Waals surface area contributed by atoms with Crippen LogP contribution in [-0.2, 0) is 4.79 Å². The summed E-state index contributed by atoms with van der Waals surface area (Å²) in [6.07, 6.45) is 1.52. The summed E-state index contributed by atoms with van der Waals surface area (Å²) in [5.41, 5.74) is 2.14. The van der Waals surface area contributed by atoms with Crippen LogP contribution in [0.5, 0.6) is 0 Å². The number of pyridine rings is 1. The molecule has 22 heavy (non-hydrogen) atoms. The highest BCUT2D eigenvalue weighted by atomic mass is 16.2. The maximum atomic E-state index is 12.4. The summed E-state index contributed by atoms with van der Waals surface area (Å²) in [6, 6.07) is 12.0. The van der Waals surface area contributed by atoms with E-state index >= 15 is 0 Å². The van der Waals surface area contributed by atoms with Crippen molar-refractivity contribution in [3.8, 4) is 6.07 Å². The lowest BCUT2D eigenvalue weighted by molar-refractivity contribution is -0.117. The maximum Gasteiger partial charge on any atom is 0.250 e. The van der Waals surface area contributed by atoms with Crippen LogP contribution >= 0.6 is 0 Å². The second-order valence-corrected chi connectivity index (χ2v) is 4.95. The number of aromatic nitrogens is 1. The number of benzene rings is 1. The Morgan fingerprint density at radius 2 is 2.00 bits per heavy atom. The second kappa shape index (κ2) is 6.64. The Kier molecular flexibility index (Phi) is 4.64. The van der Waals surface area contributed by atoms with E-state index in [-0.39, 0.29) is 0 Å². The van der Waals surface area contributed by atoms with Gasteiger partial charge >= 0.3 is 0 Å². The van der Waals surface area contributed by atoms with Gasteiger partial charge in [-0.15, -0.1) is 0 Å². The molecule has 5 nitrogen and oxygen atoms in total. The van der Waals surface area contributed by atoms with Crippen LogP contribution in [0, 0.1) is 31.1 Å². The van der Waals surface area contributed by atoms with Crippen molar-refractivity contribution in [1.82, 2.24) is 4.98 Å². The van der Waals surface area contributed by atoms with Crippen LogP contribution in [0.3, 0.4) is 0 Å². The largest absolute Gasteiger partial charge is 0.309 e. The molecule has 0 radical (unpaired) electrons. The summed E-state index contributed by atoms with van der Waals surface area (Å²) in [7, 11) is 0. The van der Waals surface area contributed by atoms with Gasteiger partial charge in [-0.2, -0.15) is 5.26 Å². The van der Waals surface area contributed by atoms with E-state index in [1.165, 1.54) is 6.20 Å². The number of nitrogens with one attached hydrogen (secondary N) is 1. The molecule has 1 aromatic carbocycles. The van der Waals surface area contributed by atoms with E-state index in [9.17, 15) is 14.9 Å². The molecule has 0 spiro atoms. The second-order valence-electron chi connectivity index (χ2n) is 4.95. The van der Waals surface area contributed by atoms with Crippen molar-refractivity contribution < 1.29 is 9.59 Å². The van der Waals surface area contributed by atoms with Gasteiger partial charge in [0.05, 0.1) is 6.07 Å². The maximum absolute atomic E-state index is 12.4. The normalized spacial score (nSPS) is 11.3. The van der Waals surface area contributed by atoms with E-state index in [4.69, 9.17) is 0 Å². The number of aryl methyl sites for hydroxylation is 2. The number of nitriles is 1. The number of hydrogen-bond donors (Lipinski definition) is 1. The molecule has 1 amide bonds. The Hall–Kier alpha value is -3.00. The molecule has 0 aliphatic carbocycles. The number of nitrogens with zero attached hydrogens (tertiary/aromatic N) is 2. The lowest BCUT2D eigenvalue weighted by Crippen LogP contribution is -2.29. The van der Waals surface area contributed by atoms with Crippen molar-refractivity contribution in [2.24, 2.45) is 5.92 Å². The number of carbonyl (C=O) groups is 2. The molecule has 2 aromatic rings. The topological polar surface area (TPSA) is 82.8 Å². The molecule has 1 unspecified atom stereocenters. The molecule has 1 N–H and O–H groups in total. The van der Waals surface area contributed by atoms with E-state index in [2.05, 4.69) is 10.3 Å². The zero-order valence-corrected chi connectivity index (χ0v) is 12.3. The van der Waals surface area contributed by atoms with Gasteiger partial charge in [0, 0.05) is 11.8 Å². The lowest BCUT2D eigenvalue weighted by atomic mass is 9.94. The highest BCUT2D eigenvalue weighted by molar-refractivity contribution is 6.15. The SMILES string of the molecule is Cc1ccc(C(=O)C(C#N)C(=O)Nc2ccccn2)c(C)c1. The van der Waals surface area contributed by atoms with Crippen LogP contribution in [-0.4, -0.2) is 16.7 Å². The number of Topliss-reactive ketones (excluding diaryl/α,β-unsaturated/α-hetero) is 1. The molecule has 5 heteroatoms. The molecule has 1 heterocycles. The number of hydrogen-bond acceptors (Lipinski definition) is 4. The third-order valence-electron chi connectivity index (χ3n) is 3.22. The number of ketones is 1. The number of anilines is 1. The highest BCUT2D eigenvalue weighted by Crippen LogP contribution is 2.16. The zero-order valence-electron chi connectivity index (χ0n) is 12.3. The molecule has 0 fully saturated rings. The Labute approximate surface area is 128 Å². The van der Waals surface area contributed by atoms with Crippen LogP contribution in [0.25, 0.3) is 0 Å². The van der Waals surface area contributed by atoms with Crippen molar-refractivity contribution in [3.05, 3.63) is 59.3 Å². The van der Waals surface area contributed by atoms with Gasteiger partial charge in [0.2, 0.25) is 0 Å². The van der Waals surface area contributed by atoms with Crippen molar-refractivity contribution >= 4 is 17.5 Å². The molecule has 0 saturated heterocycles. The predicted molar refractivity (Wildman–Crippen MR) is 82.2 cm³/mol. The Balaban J connectivity index is 2.22. The van der Waals surface area contributed by atoms with E-state index in [0.717, 1.165) is 11.1 Å². The molecule has 1 atom stereocenters. The van der Waals surface area contributed by atoms with E-state index in [0.29, 0.717) is 11.4 Å². The van der Waals surface area contributed by atoms with E-state index in [1.54, 1.807) is 43.3 Å². The van der Waals surface area contributed by atoms with Crippen molar-refractivity contribution in [2.45, 2.75) is 13.8 Å². The van der Waals surface area contributed by atoms with E-state index < -0.39 is 17.6 Å². The fourth-order valence-corrected chi connectivity index (χ4v) is 2.12. The number of carbonyl (C=O) groups excluding carboxylic acids is 2. The predicted octanol–water partition coefficient (Wildman–Crippen LogP) is 2.66. The van der Waals surface area contributed by atoms with Crippen molar-refractivity contribution in [3.63, 3.8) is 0 Å². The molecule has 0 bridgehead atoms. The first-order chi connectivity index (χ1) is 10.5. The molecule has 0 aliphatic heterocycles. The Morgan fingerprint density at radius 3 is 2.59 bits per heavy atom. The van der Waals surface area contributed by atoms with Gasteiger partial charge < -0.3 is 5.32 Å². The zero-order chi connectivity index (χ0) is 16.1. The van der Waals surface area contributed by atoms with Crippen molar-refractivity contribution in [2.75, 3.05) is 5.32 Å². The minimum Gasteiger partial charge on any atom is -0.309 e. The summed E-state index contributed by atoms with van der Waals surface area (Å²) in [6.45, 7) is 3.70. The van der Waals surface area contributed by atoms with Gasteiger partial charge in [-0.25, -0.2) is 4.98 Å². The molecular formula is C17H15N3O2. The quantitative estimate of drug-likeness (QED) is 0.694. The molecule has 1 aromatic heterocycles. The Morgan fingerprint density at radius 1 is 1.23 bits per heavy atom. The minimum absolute atomic E-state index is 0.307. The molecule has 0 saturated carbocycles. The van der Waals surface area contributed by atoms with Gasteiger partial charge in [-0.3, -0.25) is 9.59 Å². The van der Waals surface area contributed by atoms with Crippen LogP contribution in [0.4, 0.5) is 5.82 Å². The molecule has 2 rings (SSSR count). The Bertz CT molecular complexity index is 748. The van der Waals surface area contributed by atoms with Crippen LogP contribution in [0.15, 0.2) is 42.6 Å². The summed E-state index contributed by atoms with van der Waals surface area (Å²) < 4.78 is 0. The molecule has 0 aliphatic rings. The summed E-state index contributed by atoms with van der Waals surface area (Å²) >= 11 is 0. The van der Waals surface area contributed by atoms with Crippen LogP contribution in [0.1, 0.15) is 21.5 Å². The van der Waals surface area contributed by atoms with Crippen LogP contribution in [0.2, 0.25) is 0 Å². The first kappa shape index (κ1) is 15.4. The average Bonchev–Trinajstić information content (AvgIpc) is 2.48. The fourth-order valence-electron chi connectivity index (χ4n) is 2.12. The van der Waals surface area contributed by atoms with Gasteiger partial charge in [-0.05, 0) is 31.5 Å². The molecule has 110 valence electrons. The summed E-state index contributed by atoms with van der Waals surface area (Å²) in [5, 5.41) is 11.7. The first-order valence-corrected chi connectivity index (χ1v) is 6.76. The first-order valence-electron chi connectivity index (χ1n) is 6.76. The minimum atomic E-state index is -1.40. The average molecular weight is 293 g/mol. The standard InChI is InChI=1S/C17H15N3O2/c1-11-6-7-13(12(2)9-11)16(21)14(10-18)17(22)20-15-5-3-4-8-19-15/h3-9,14H,1-2H3,(H,19,20,22). The third-order valence-corrected chi connectivity index (χ3v) is 3.22. The van der Waals surface area contributed by atoms with Gasteiger partial charge in [0.15, 0.2) is 11.7 Å². The summed E-state index contributed by atoms with van der Waals surface area (Å²) in [5.74, 6) is -2.27. The van der Waals surface area contributed by atoms with Crippen molar-refractivity contribution in [1.29, 1.82) is 5.26 Å². The van der Waals surface area contributed by atoms with Crippen LogP contribution < -0.4 is 5.32 Å². The fraction of sp³-hybridized carbons (Fsp3) is 0.176. The number of rotatable bonds is 4. The van der Waals surface area contributed by atoms with E-state index in [1.807, 2.05) is 13.0 Å². The highest BCUT2D eigenvalue weighted by Gasteiger charge is 2.28. The monoisotopic (exact) mass is 293 g/mol. The smallest absolute Gasteiger partial charge is 0.250 e. The molecular weight excluding hydrogens is 278 g/mol. The van der Waals surface area contributed by atoms with Gasteiger partial charge in [0.25, 0.3) is 5.91 Å². The van der Waals surface area contributed by atoms with Gasteiger partial charge in [0.1, 0.15) is 5.82 Å². The van der Waals surface area contributed by atoms with Gasteiger partial charge in [-0.1, -0.05) is 29.8 Å². The summed E-state index contributed by atoms with van der Waals surface area (Å²) in [4.78, 5) is 28.5. The third kappa shape index (κ3) is 3.36.